The number of morpholine rings is 1. The number of ether oxygens (including phenoxy) is 1. The van der Waals surface area contributed by atoms with Gasteiger partial charge in [-0.1, -0.05) is 28.1 Å². The van der Waals surface area contributed by atoms with Gasteiger partial charge in [0.25, 0.3) is 5.91 Å². The monoisotopic (exact) mass is 447 g/mol. The van der Waals surface area contributed by atoms with Gasteiger partial charge in [0.15, 0.2) is 0 Å². The maximum Gasteiger partial charge on any atom is 0.257 e. The summed E-state index contributed by atoms with van der Waals surface area (Å²) < 4.78 is 20.8. The zero-order valence-corrected chi connectivity index (χ0v) is 17.1. The highest BCUT2D eigenvalue weighted by Gasteiger charge is 2.34. The normalized spacial score (nSPS) is 20.0. The van der Waals surface area contributed by atoms with Gasteiger partial charge in [-0.15, -0.1) is 0 Å². The Hall–Kier alpha value is -1.96. The van der Waals surface area contributed by atoms with Crippen LogP contribution >= 0.6 is 15.9 Å². The van der Waals surface area contributed by atoms with Crippen molar-refractivity contribution in [2.75, 3.05) is 44.7 Å². The van der Waals surface area contributed by atoms with Gasteiger partial charge in [-0.2, -0.15) is 0 Å². The molecule has 0 aromatic heterocycles. The SMILES string of the molecule is O=C1c2ccccc2NC(c2cc(Br)ccc2F)N1CCCN1CCOCC1. The first kappa shape index (κ1) is 19.4. The van der Waals surface area contributed by atoms with Crippen molar-refractivity contribution in [1.29, 1.82) is 0 Å². The third-order valence-electron chi connectivity index (χ3n) is 5.25. The number of halogens is 2. The van der Waals surface area contributed by atoms with Gasteiger partial charge in [0, 0.05) is 41.9 Å². The fourth-order valence-corrected chi connectivity index (χ4v) is 4.16. The van der Waals surface area contributed by atoms with E-state index in [9.17, 15) is 9.18 Å². The quantitative estimate of drug-likeness (QED) is 0.755. The van der Waals surface area contributed by atoms with Crippen LogP contribution in [0.5, 0.6) is 0 Å². The molecule has 0 aliphatic carbocycles. The standard InChI is InChI=1S/C21H23BrFN3O2/c22-15-6-7-18(23)17(14-15)20-24-19-5-2-1-4-16(19)21(27)26(20)9-3-8-25-10-12-28-13-11-25/h1-2,4-7,14,20,24H,3,8-13H2. The summed E-state index contributed by atoms with van der Waals surface area (Å²) >= 11 is 3.42. The molecule has 1 N–H and O–H groups in total. The smallest absolute Gasteiger partial charge is 0.257 e. The third-order valence-corrected chi connectivity index (χ3v) is 5.75. The van der Waals surface area contributed by atoms with Crippen molar-refractivity contribution in [3.8, 4) is 0 Å². The Labute approximate surface area is 172 Å². The van der Waals surface area contributed by atoms with Gasteiger partial charge < -0.3 is 15.0 Å². The van der Waals surface area contributed by atoms with Gasteiger partial charge in [-0.05, 0) is 36.8 Å². The van der Waals surface area contributed by atoms with Crippen molar-refractivity contribution >= 4 is 27.5 Å². The molecule has 2 aromatic rings. The highest BCUT2D eigenvalue weighted by atomic mass is 79.9. The van der Waals surface area contributed by atoms with Crippen LogP contribution in [-0.4, -0.2) is 55.1 Å². The van der Waals surface area contributed by atoms with E-state index in [0.717, 1.165) is 49.4 Å². The molecule has 0 bridgehead atoms. The Balaban J connectivity index is 1.58. The average molecular weight is 448 g/mol. The summed E-state index contributed by atoms with van der Waals surface area (Å²) in [4.78, 5) is 17.3. The van der Waals surface area contributed by atoms with Gasteiger partial charge in [0.1, 0.15) is 12.0 Å². The van der Waals surface area contributed by atoms with E-state index >= 15 is 0 Å². The van der Waals surface area contributed by atoms with E-state index in [1.807, 2.05) is 24.3 Å². The Bertz CT molecular complexity index is 857. The van der Waals surface area contributed by atoms with Crippen molar-refractivity contribution in [1.82, 2.24) is 9.80 Å². The summed E-state index contributed by atoms with van der Waals surface area (Å²) in [6, 6.07) is 12.2. The second-order valence-corrected chi connectivity index (χ2v) is 7.98. The topological polar surface area (TPSA) is 44.8 Å². The second kappa shape index (κ2) is 8.59. The Morgan fingerprint density at radius 1 is 1.14 bits per heavy atom. The van der Waals surface area contributed by atoms with Crippen molar-refractivity contribution in [2.45, 2.75) is 12.6 Å². The van der Waals surface area contributed by atoms with Crippen molar-refractivity contribution in [3.63, 3.8) is 0 Å². The molecule has 1 atom stereocenters. The van der Waals surface area contributed by atoms with Crippen molar-refractivity contribution < 1.29 is 13.9 Å². The number of benzene rings is 2. The van der Waals surface area contributed by atoms with Gasteiger partial charge >= 0.3 is 0 Å². The molecule has 0 radical (unpaired) electrons. The number of fused-ring (bicyclic) bond motifs is 1. The number of rotatable bonds is 5. The number of amides is 1. The maximum absolute atomic E-state index is 14.6. The molecule has 1 amide bonds. The number of nitrogens with zero attached hydrogens (tertiary/aromatic N) is 2. The lowest BCUT2D eigenvalue weighted by Gasteiger charge is -2.39. The van der Waals surface area contributed by atoms with E-state index in [-0.39, 0.29) is 11.7 Å². The molecule has 2 aliphatic rings. The molecule has 2 heterocycles. The van der Waals surface area contributed by atoms with E-state index in [0.29, 0.717) is 17.7 Å². The zero-order chi connectivity index (χ0) is 19.5. The Morgan fingerprint density at radius 3 is 2.75 bits per heavy atom. The molecule has 7 heteroatoms. The molecule has 5 nitrogen and oxygen atoms in total. The fourth-order valence-electron chi connectivity index (χ4n) is 3.78. The Morgan fingerprint density at radius 2 is 1.93 bits per heavy atom. The van der Waals surface area contributed by atoms with E-state index in [1.165, 1.54) is 6.07 Å². The van der Waals surface area contributed by atoms with E-state index in [2.05, 4.69) is 26.1 Å². The third kappa shape index (κ3) is 4.06. The largest absolute Gasteiger partial charge is 0.379 e. The number of nitrogens with one attached hydrogen (secondary N) is 1. The number of carbonyl (C=O) groups excluding carboxylic acids is 1. The van der Waals surface area contributed by atoms with Crippen LogP contribution in [0, 0.1) is 5.82 Å². The molecule has 2 aromatic carbocycles. The molecule has 4 rings (SSSR count). The number of hydrogen-bond acceptors (Lipinski definition) is 4. The number of para-hydroxylation sites is 1. The number of hydrogen-bond donors (Lipinski definition) is 1. The lowest BCUT2D eigenvalue weighted by atomic mass is 10.0. The molecule has 28 heavy (non-hydrogen) atoms. The minimum Gasteiger partial charge on any atom is -0.379 e. The van der Waals surface area contributed by atoms with Crippen LogP contribution in [0.4, 0.5) is 10.1 Å². The molecular formula is C21H23BrFN3O2. The van der Waals surface area contributed by atoms with Crippen LogP contribution in [0.2, 0.25) is 0 Å². The summed E-state index contributed by atoms with van der Waals surface area (Å²) in [6.07, 6.45) is 0.284. The van der Waals surface area contributed by atoms with Crippen molar-refractivity contribution in [3.05, 3.63) is 63.9 Å². The molecule has 2 aliphatic heterocycles. The summed E-state index contributed by atoms with van der Waals surface area (Å²) in [7, 11) is 0. The molecule has 148 valence electrons. The summed E-state index contributed by atoms with van der Waals surface area (Å²) in [6.45, 7) is 4.78. The van der Waals surface area contributed by atoms with Crippen LogP contribution in [0.1, 0.15) is 28.5 Å². The van der Waals surface area contributed by atoms with Crippen LogP contribution in [0.3, 0.4) is 0 Å². The molecule has 1 fully saturated rings. The van der Waals surface area contributed by atoms with Crippen LogP contribution in [0.25, 0.3) is 0 Å². The lowest BCUT2D eigenvalue weighted by molar-refractivity contribution is 0.0348. The predicted molar refractivity (Wildman–Crippen MR) is 110 cm³/mol. The average Bonchev–Trinajstić information content (AvgIpc) is 2.72. The van der Waals surface area contributed by atoms with Gasteiger partial charge in [-0.25, -0.2) is 4.39 Å². The molecule has 0 spiro atoms. The predicted octanol–water partition coefficient (Wildman–Crippen LogP) is 3.88. The lowest BCUT2D eigenvalue weighted by Crippen LogP contribution is -2.45. The maximum atomic E-state index is 14.6. The zero-order valence-electron chi connectivity index (χ0n) is 15.5. The first-order valence-corrected chi connectivity index (χ1v) is 10.3. The highest BCUT2D eigenvalue weighted by Crippen LogP contribution is 2.35. The first-order valence-electron chi connectivity index (χ1n) is 9.55. The summed E-state index contributed by atoms with van der Waals surface area (Å²) in [5.74, 6) is -0.397. The minimum atomic E-state index is -0.537. The van der Waals surface area contributed by atoms with Crippen LogP contribution in [-0.2, 0) is 4.74 Å². The van der Waals surface area contributed by atoms with E-state index in [1.54, 1.807) is 17.0 Å². The minimum absolute atomic E-state index is 0.0688. The Kier molecular flexibility index (Phi) is 5.94. The fraction of sp³-hybridized carbons (Fsp3) is 0.381. The van der Waals surface area contributed by atoms with Gasteiger partial charge in [0.2, 0.25) is 0 Å². The number of carbonyl (C=O) groups is 1. The van der Waals surface area contributed by atoms with E-state index in [4.69, 9.17) is 4.74 Å². The van der Waals surface area contributed by atoms with Crippen molar-refractivity contribution in [2.24, 2.45) is 0 Å². The van der Waals surface area contributed by atoms with Gasteiger partial charge in [0.05, 0.1) is 18.8 Å². The second-order valence-electron chi connectivity index (χ2n) is 7.06. The first-order chi connectivity index (χ1) is 13.6. The summed E-state index contributed by atoms with van der Waals surface area (Å²) in [5.41, 5.74) is 1.82. The highest BCUT2D eigenvalue weighted by molar-refractivity contribution is 9.10. The molecule has 1 saturated heterocycles. The van der Waals surface area contributed by atoms with E-state index < -0.39 is 6.17 Å². The molecular weight excluding hydrogens is 425 g/mol. The summed E-state index contributed by atoms with van der Waals surface area (Å²) in [5, 5.41) is 3.36. The number of anilines is 1. The van der Waals surface area contributed by atoms with Crippen LogP contribution < -0.4 is 5.32 Å². The van der Waals surface area contributed by atoms with Crippen LogP contribution in [0.15, 0.2) is 46.9 Å². The molecule has 0 saturated carbocycles. The van der Waals surface area contributed by atoms with Gasteiger partial charge in [-0.3, -0.25) is 9.69 Å². The molecule has 1 unspecified atom stereocenters.